The van der Waals surface area contributed by atoms with E-state index >= 15 is 0 Å². The van der Waals surface area contributed by atoms with Gasteiger partial charge in [-0.25, -0.2) is 4.79 Å². The van der Waals surface area contributed by atoms with Crippen molar-refractivity contribution in [3.05, 3.63) is 48.0 Å². The minimum atomic E-state index is -0.680. The molecular weight excluding hydrogens is 356 g/mol. The molecular formula is C21H23N4O3+. The molecule has 2 aromatic rings. The second-order valence-corrected chi connectivity index (χ2v) is 7.33. The molecule has 144 valence electrons. The number of carbonyl (C=O) groups is 2. The van der Waals surface area contributed by atoms with Crippen LogP contribution in [0.3, 0.4) is 0 Å². The first-order chi connectivity index (χ1) is 13.4. The number of amides is 3. The van der Waals surface area contributed by atoms with Crippen molar-refractivity contribution in [1.29, 1.82) is 0 Å². The summed E-state index contributed by atoms with van der Waals surface area (Å²) < 4.78 is 7.76. The zero-order chi connectivity index (χ0) is 20.0. The SMILES string of the molecule is CC(C)OC1=[N+](Cc2cccc3ccccc23)C2C(=O)N(C)C(=O)N(C)C2=N1. The molecule has 0 N–H and O–H groups in total. The van der Waals surface area contributed by atoms with E-state index in [-0.39, 0.29) is 12.0 Å². The molecule has 2 aromatic carbocycles. The third-order valence-electron chi connectivity index (χ3n) is 5.06. The van der Waals surface area contributed by atoms with E-state index in [0.717, 1.165) is 21.2 Å². The van der Waals surface area contributed by atoms with Gasteiger partial charge in [0.1, 0.15) is 12.6 Å². The molecule has 1 unspecified atom stereocenters. The Kier molecular flexibility index (Phi) is 4.37. The van der Waals surface area contributed by atoms with E-state index in [2.05, 4.69) is 23.2 Å². The average molecular weight is 379 g/mol. The maximum absolute atomic E-state index is 12.9. The van der Waals surface area contributed by atoms with Crippen LogP contribution in [-0.4, -0.2) is 64.4 Å². The van der Waals surface area contributed by atoms with Crippen LogP contribution in [-0.2, 0) is 16.1 Å². The molecule has 0 bridgehead atoms. The normalized spacial score (nSPS) is 19.6. The van der Waals surface area contributed by atoms with Crippen LogP contribution in [0.1, 0.15) is 19.4 Å². The molecule has 3 amide bonds. The van der Waals surface area contributed by atoms with Crippen LogP contribution in [0.4, 0.5) is 4.79 Å². The van der Waals surface area contributed by atoms with Gasteiger partial charge in [0.2, 0.25) is 0 Å². The fraction of sp³-hybridized carbons (Fsp3) is 0.333. The van der Waals surface area contributed by atoms with E-state index in [1.807, 2.05) is 42.7 Å². The molecule has 1 saturated heterocycles. The van der Waals surface area contributed by atoms with Gasteiger partial charge in [0.15, 0.2) is 0 Å². The molecule has 28 heavy (non-hydrogen) atoms. The first-order valence-electron chi connectivity index (χ1n) is 9.29. The number of aliphatic imine (C=N–C) groups is 1. The summed E-state index contributed by atoms with van der Waals surface area (Å²) >= 11 is 0. The highest BCUT2D eigenvalue weighted by Crippen LogP contribution is 2.24. The minimum Gasteiger partial charge on any atom is -0.426 e. The molecule has 0 aliphatic carbocycles. The van der Waals surface area contributed by atoms with Crippen LogP contribution >= 0.6 is 0 Å². The Labute approximate surface area is 163 Å². The fourth-order valence-electron chi connectivity index (χ4n) is 3.65. The number of hydrogen-bond acceptors (Lipinski definition) is 4. The summed E-state index contributed by atoms with van der Waals surface area (Å²) in [5, 5.41) is 2.24. The van der Waals surface area contributed by atoms with E-state index in [0.29, 0.717) is 18.4 Å². The van der Waals surface area contributed by atoms with Crippen LogP contribution in [0.25, 0.3) is 10.8 Å². The Morgan fingerprint density at radius 1 is 1.07 bits per heavy atom. The molecule has 0 saturated carbocycles. The van der Waals surface area contributed by atoms with Gasteiger partial charge in [-0.15, -0.1) is 0 Å². The van der Waals surface area contributed by atoms with Gasteiger partial charge >= 0.3 is 12.1 Å². The number of nitrogens with zero attached hydrogens (tertiary/aromatic N) is 4. The summed E-state index contributed by atoms with van der Waals surface area (Å²) in [4.78, 5) is 32.3. The largest absolute Gasteiger partial charge is 0.497 e. The summed E-state index contributed by atoms with van der Waals surface area (Å²) in [5.41, 5.74) is 1.06. The highest BCUT2D eigenvalue weighted by atomic mass is 16.5. The fourth-order valence-corrected chi connectivity index (χ4v) is 3.65. The Morgan fingerprint density at radius 3 is 2.54 bits per heavy atom. The van der Waals surface area contributed by atoms with Crippen molar-refractivity contribution in [3.63, 3.8) is 0 Å². The number of likely N-dealkylation sites (N-methyl/N-ethyl adjacent to an activating group) is 2. The van der Waals surface area contributed by atoms with Crippen LogP contribution in [0.2, 0.25) is 0 Å². The molecule has 2 aliphatic heterocycles. The molecule has 4 rings (SSSR count). The van der Waals surface area contributed by atoms with Crippen molar-refractivity contribution >= 4 is 34.6 Å². The molecule has 7 nitrogen and oxygen atoms in total. The van der Waals surface area contributed by atoms with Crippen molar-refractivity contribution in [3.8, 4) is 0 Å². The molecule has 0 aromatic heterocycles. The minimum absolute atomic E-state index is 0.108. The summed E-state index contributed by atoms with van der Waals surface area (Å²) in [6, 6.07) is 13.5. The van der Waals surface area contributed by atoms with Crippen LogP contribution in [0.5, 0.6) is 0 Å². The van der Waals surface area contributed by atoms with E-state index in [1.54, 1.807) is 7.05 Å². The maximum Gasteiger partial charge on any atom is 0.497 e. The lowest BCUT2D eigenvalue weighted by atomic mass is 10.0. The molecule has 1 atom stereocenters. The van der Waals surface area contributed by atoms with Gasteiger partial charge in [-0.2, -0.15) is 4.58 Å². The van der Waals surface area contributed by atoms with Crippen LogP contribution < -0.4 is 0 Å². The first kappa shape index (κ1) is 18.2. The average Bonchev–Trinajstić information content (AvgIpc) is 3.02. The third-order valence-corrected chi connectivity index (χ3v) is 5.06. The number of urea groups is 1. The number of carbonyl (C=O) groups excluding carboxylic acids is 2. The molecule has 2 heterocycles. The first-order valence-corrected chi connectivity index (χ1v) is 9.29. The number of ether oxygens (including phenoxy) is 1. The van der Waals surface area contributed by atoms with Gasteiger partial charge in [-0.3, -0.25) is 14.6 Å². The third kappa shape index (κ3) is 2.83. The second kappa shape index (κ2) is 6.74. The van der Waals surface area contributed by atoms with Gasteiger partial charge in [-0.1, -0.05) is 42.5 Å². The van der Waals surface area contributed by atoms with Gasteiger partial charge in [0.05, 0.1) is 0 Å². The lowest BCUT2D eigenvalue weighted by Gasteiger charge is -2.30. The number of imide groups is 1. The maximum atomic E-state index is 12.9. The number of rotatable bonds is 3. The quantitative estimate of drug-likeness (QED) is 0.770. The van der Waals surface area contributed by atoms with Gasteiger partial charge in [-0.05, 0) is 24.6 Å². The lowest BCUT2D eigenvalue weighted by molar-refractivity contribution is -0.559. The molecule has 7 heteroatoms. The zero-order valence-electron chi connectivity index (χ0n) is 16.4. The second-order valence-electron chi connectivity index (χ2n) is 7.33. The van der Waals surface area contributed by atoms with Crippen LogP contribution in [0, 0.1) is 0 Å². The van der Waals surface area contributed by atoms with Crippen molar-refractivity contribution < 1.29 is 18.9 Å². The highest BCUT2D eigenvalue weighted by molar-refractivity contribution is 6.22. The molecule has 1 fully saturated rings. The Hall–Kier alpha value is -3.22. The molecule has 0 radical (unpaired) electrons. The summed E-state index contributed by atoms with van der Waals surface area (Å²) in [5.74, 6) is 0.105. The van der Waals surface area contributed by atoms with Crippen LogP contribution in [0.15, 0.2) is 47.5 Å². The summed E-state index contributed by atoms with van der Waals surface area (Å²) in [6.07, 6.45) is -0.108. The van der Waals surface area contributed by atoms with E-state index in [4.69, 9.17) is 4.74 Å². The lowest BCUT2D eigenvalue weighted by Crippen LogP contribution is -2.61. The van der Waals surface area contributed by atoms with E-state index in [1.165, 1.54) is 11.9 Å². The summed E-state index contributed by atoms with van der Waals surface area (Å²) in [7, 11) is 3.13. The van der Waals surface area contributed by atoms with Gasteiger partial charge in [0.25, 0.3) is 17.8 Å². The van der Waals surface area contributed by atoms with Crippen molar-refractivity contribution in [2.24, 2.45) is 4.99 Å². The van der Waals surface area contributed by atoms with Gasteiger partial charge < -0.3 is 4.74 Å². The number of amidine groups is 2. The van der Waals surface area contributed by atoms with E-state index in [9.17, 15) is 9.59 Å². The zero-order valence-corrected chi connectivity index (χ0v) is 16.4. The van der Waals surface area contributed by atoms with Gasteiger partial charge in [0, 0.05) is 24.7 Å². The number of hydrogen-bond donors (Lipinski definition) is 0. The topological polar surface area (TPSA) is 65.2 Å². The molecule has 0 spiro atoms. The summed E-state index contributed by atoms with van der Waals surface area (Å²) in [6.45, 7) is 4.27. The smallest absolute Gasteiger partial charge is 0.426 e. The van der Waals surface area contributed by atoms with Crippen molar-refractivity contribution in [1.82, 2.24) is 9.80 Å². The van der Waals surface area contributed by atoms with Crippen molar-refractivity contribution in [2.45, 2.75) is 32.5 Å². The Balaban J connectivity index is 1.80. The molecule has 2 aliphatic rings. The predicted octanol–water partition coefficient (Wildman–Crippen LogP) is 2.44. The standard InChI is InChI=1S/C21H23N4O3/c1-13(2)28-20-22-18-17(19(26)24(4)21(27)23(18)3)25(20)12-15-10-7-9-14-8-5-6-11-16(14)15/h5-11,13,17H,12H2,1-4H3/q+1. The van der Waals surface area contributed by atoms with Crippen molar-refractivity contribution in [2.75, 3.05) is 14.1 Å². The number of benzene rings is 2. The Morgan fingerprint density at radius 2 is 1.79 bits per heavy atom. The monoisotopic (exact) mass is 379 g/mol. The number of fused-ring (bicyclic) bond motifs is 2. The van der Waals surface area contributed by atoms with E-state index < -0.39 is 12.1 Å². The predicted molar refractivity (Wildman–Crippen MR) is 106 cm³/mol. The highest BCUT2D eigenvalue weighted by Gasteiger charge is 2.54. The Bertz CT molecular complexity index is 1040.